The first-order chi connectivity index (χ1) is 11.9. The zero-order valence-electron chi connectivity index (χ0n) is 14.3. The predicted octanol–water partition coefficient (Wildman–Crippen LogP) is 1.82. The van der Waals surface area contributed by atoms with E-state index >= 15 is 0 Å². The van der Waals surface area contributed by atoms with E-state index in [1.165, 1.54) is 17.6 Å². The van der Waals surface area contributed by atoms with E-state index in [-0.39, 0.29) is 17.7 Å². The van der Waals surface area contributed by atoms with Crippen LogP contribution in [0.2, 0.25) is 0 Å². The summed E-state index contributed by atoms with van der Waals surface area (Å²) in [4.78, 5) is 11.7. The lowest BCUT2D eigenvalue weighted by Gasteiger charge is -2.32. The van der Waals surface area contributed by atoms with Gasteiger partial charge in [-0.1, -0.05) is 26.2 Å². The Morgan fingerprint density at radius 3 is 2.40 bits per heavy atom. The van der Waals surface area contributed by atoms with Gasteiger partial charge in [-0.05, 0) is 43.5 Å². The zero-order valence-corrected chi connectivity index (χ0v) is 15.1. The number of carbonyl (C=O) groups is 1. The van der Waals surface area contributed by atoms with Crippen LogP contribution in [-0.4, -0.2) is 42.1 Å². The van der Waals surface area contributed by atoms with Crippen molar-refractivity contribution in [1.29, 1.82) is 0 Å². The Labute approximate surface area is 147 Å². The number of sulfone groups is 1. The van der Waals surface area contributed by atoms with E-state index in [0.29, 0.717) is 25.2 Å². The molecule has 7 nitrogen and oxygen atoms in total. The van der Waals surface area contributed by atoms with Crippen molar-refractivity contribution in [2.45, 2.75) is 61.2 Å². The van der Waals surface area contributed by atoms with Crippen LogP contribution in [0.4, 0.5) is 0 Å². The lowest BCUT2D eigenvalue weighted by atomic mass is 9.99. The Morgan fingerprint density at radius 1 is 1.28 bits per heavy atom. The van der Waals surface area contributed by atoms with Crippen LogP contribution in [0.1, 0.15) is 45.4 Å². The molecule has 1 amide bonds. The predicted molar refractivity (Wildman–Crippen MR) is 91.2 cm³/mol. The number of aliphatic hydroxyl groups excluding tert-OH is 1. The van der Waals surface area contributed by atoms with Gasteiger partial charge < -0.3 is 9.84 Å². The van der Waals surface area contributed by atoms with Crippen molar-refractivity contribution in [3.63, 3.8) is 0 Å². The van der Waals surface area contributed by atoms with Gasteiger partial charge in [-0.2, -0.15) is 0 Å². The molecule has 0 saturated heterocycles. The smallest absolute Gasteiger partial charge is 0.273 e. The van der Waals surface area contributed by atoms with E-state index < -0.39 is 26.6 Å². The van der Waals surface area contributed by atoms with Crippen LogP contribution in [0.5, 0.6) is 5.75 Å². The first-order valence-electron chi connectivity index (χ1n) is 8.48. The molecule has 1 aromatic rings. The van der Waals surface area contributed by atoms with Gasteiger partial charge >= 0.3 is 0 Å². The Balaban J connectivity index is 2.30. The maximum absolute atomic E-state index is 13.1. The van der Waals surface area contributed by atoms with Gasteiger partial charge in [0.15, 0.2) is 15.9 Å². The number of aliphatic hydroxyl groups is 1. The second-order valence-corrected chi connectivity index (χ2v) is 8.62. The number of hydroxylamine groups is 1. The quantitative estimate of drug-likeness (QED) is 0.365. The number of amides is 1. The summed E-state index contributed by atoms with van der Waals surface area (Å²) in [7, 11) is -3.97. The van der Waals surface area contributed by atoms with Crippen molar-refractivity contribution in [3.8, 4) is 5.75 Å². The molecule has 1 fully saturated rings. The van der Waals surface area contributed by atoms with Crippen molar-refractivity contribution in [2.75, 3.05) is 6.61 Å². The Hall–Kier alpha value is -1.64. The molecular weight excluding hydrogens is 346 g/mol. The first-order valence-corrected chi connectivity index (χ1v) is 9.97. The van der Waals surface area contributed by atoms with Gasteiger partial charge in [-0.3, -0.25) is 10.0 Å². The van der Waals surface area contributed by atoms with Gasteiger partial charge in [0.1, 0.15) is 10.5 Å². The monoisotopic (exact) mass is 371 g/mol. The highest BCUT2D eigenvalue weighted by molar-refractivity contribution is 7.93. The maximum atomic E-state index is 13.1. The van der Waals surface area contributed by atoms with Crippen LogP contribution in [0, 0.1) is 0 Å². The van der Waals surface area contributed by atoms with Gasteiger partial charge in [0, 0.05) is 0 Å². The largest absolute Gasteiger partial charge is 0.494 e. The summed E-state index contributed by atoms with van der Waals surface area (Å²) < 4.78 is 30.2. The highest BCUT2D eigenvalue weighted by Crippen LogP contribution is 2.43. The Morgan fingerprint density at radius 2 is 1.88 bits per heavy atom. The maximum Gasteiger partial charge on any atom is 0.273 e. The van der Waals surface area contributed by atoms with Crippen LogP contribution in [0.15, 0.2) is 29.2 Å². The highest BCUT2D eigenvalue weighted by atomic mass is 32.2. The average Bonchev–Trinajstić information content (AvgIpc) is 3.12. The lowest BCUT2D eigenvalue weighted by molar-refractivity contribution is -0.139. The minimum atomic E-state index is -3.97. The fourth-order valence-corrected chi connectivity index (χ4v) is 5.44. The molecule has 0 radical (unpaired) electrons. The van der Waals surface area contributed by atoms with Crippen LogP contribution >= 0.6 is 0 Å². The van der Waals surface area contributed by atoms with Crippen molar-refractivity contribution >= 4 is 15.7 Å². The highest BCUT2D eigenvalue weighted by Gasteiger charge is 2.54. The van der Waals surface area contributed by atoms with Crippen LogP contribution < -0.4 is 10.2 Å². The summed E-state index contributed by atoms with van der Waals surface area (Å²) in [6.45, 7) is 2.61. The minimum absolute atomic E-state index is 0.0297. The second-order valence-electron chi connectivity index (χ2n) is 6.33. The van der Waals surface area contributed by atoms with Crippen LogP contribution in [0.3, 0.4) is 0 Å². The third-order valence-electron chi connectivity index (χ3n) is 4.74. The molecule has 1 saturated carbocycles. The van der Waals surface area contributed by atoms with Gasteiger partial charge in [-0.15, -0.1) is 0 Å². The molecular formula is C17H25NO6S. The van der Waals surface area contributed by atoms with Gasteiger partial charge in [0.25, 0.3) is 5.91 Å². The normalized spacial score (nSPS) is 17.9. The molecule has 8 heteroatoms. The van der Waals surface area contributed by atoms with E-state index in [0.717, 1.165) is 12.8 Å². The van der Waals surface area contributed by atoms with Gasteiger partial charge in [-0.25, -0.2) is 13.9 Å². The first kappa shape index (κ1) is 19.7. The Bertz CT molecular complexity index is 680. The van der Waals surface area contributed by atoms with Crippen LogP contribution in [0.25, 0.3) is 0 Å². The third kappa shape index (κ3) is 3.80. The molecule has 1 aromatic carbocycles. The molecule has 25 heavy (non-hydrogen) atoms. The molecule has 1 aliphatic carbocycles. The summed E-state index contributed by atoms with van der Waals surface area (Å²) in [5.41, 5.74) is 1.35. The fraction of sp³-hybridized carbons (Fsp3) is 0.588. The van der Waals surface area contributed by atoms with Crippen molar-refractivity contribution in [1.82, 2.24) is 5.48 Å². The molecule has 2 rings (SSSR count). The SMILES string of the molecule is CCCCOc1ccc(S(=O)(=O)C2(C(O)C(=O)NO)CCCC2)cc1. The minimum Gasteiger partial charge on any atom is -0.494 e. The van der Waals surface area contributed by atoms with E-state index in [4.69, 9.17) is 9.94 Å². The lowest BCUT2D eigenvalue weighted by Crippen LogP contribution is -2.54. The zero-order chi connectivity index (χ0) is 18.5. The third-order valence-corrected chi connectivity index (χ3v) is 7.34. The second kappa shape index (κ2) is 8.16. The molecule has 1 atom stereocenters. The van der Waals surface area contributed by atoms with E-state index in [1.807, 2.05) is 6.92 Å². The summed E-state index contributed by atoms with van der Waals surface area (Å²) >= 11 is 0. The van der Waals surface area contributed by atoms with E-state index in [9.17, 15) is 18.3 Å². The number of rotatable bonds is 8. The number of hydrogen-bond donors (Lipinski definition) is 3. The standard InChI is InChI=1S/C17H25NO6S/c1-2-3-12-24-13-6-8-14(9-7-13)25(22,23)17(10-4-5-11-17)15(19)16(20)18-21/h6-9,15,19,21H,2-5,10-12H2,1H3,(H,18,20). The summed E-state index contributed by atoms with van der Waals surface area (Å²) in [6.07, 6.45) is 1.59. The number of hydrogen-bond acceptors (Lipinski definition) is 6. The summed E-state index contributed by atoms with van der Waals surface area (Å²) in [6, 6.07) is 6.01. The topological polar surface area (TPSA) is 113 Å². The molecule has 0 heterocycles. The number of carbonyl (C=O) groups excluding carboxylic acids is 1. The number of nitrogens with one attached hydrogen (secondary N) is 1. The average molecular weight is 371 g/mol. The number of unbranched alkanes of at least 4 members (excludes halogenated alkanes) is 1. The van der Waals surface area contributed by atoms with E-state index in [2.05, 4.69) is 0 Å². The van der Waals surface area contributed by atoms with Gasteiger partial charge in [0.05, 0.1) is 11.5 Å². The molecule has 0 aromatic heterocycles. The number of benzene rings is 1. The molecule has 0 aliphatic heterocycles. The number of ether oxygens (including phenoxy) is 1. The van der Waals surface area contributed by atoms with Crippen molar-refractivity contribution in [3.05, 3.63) is 24.3 Å². The molecule has 0 bridgehead atoms. The van der Waals surface area contributed by atoms with Crippen molar-refractivity contribution in [2.24, 2.45) is 0 Å². The molecule has 1 aliphatic rings. The van der Waals surface area contributed by atoms with Crippen LogP contribution in [-0.2, 0) is 14.6 Å². The molecule has 1 unspecified atom stereocenters. The fourth-order valence-electron chi connectivity index (χ4n) is 3.25. The van der Waals surface area contributed by atoms with Crippen molar-refractivity contribution < 1.29 is 28.3 Å². The Kier molecular flexibility index (Phi) is 6.42. The van der Waals surface area contributed by atoms with E-state index in [1.54, 1.807) is 12.1 Å². The summed E-state index contributed by atoms with van der Waals surface area (Å²) in [5.74, 6) is -0.536. The summed E-state index contributed by atoms with van der Waals surface area (Å²) in [5, 5.41) is 19.1. The molecule has 0 spiro atoms. The molecule has 140 valence electrons. The van der Waals surface area contributed by atoms with Gasteiger partial charge in [0.2, 0.25) is 0 Å². The molecule has 3 N–H and O–H groups in total.